The molecule has 5 rings (SSSR count). The van der Waals surface area contributed by atoms with Gasteiger partial charge in [0.25, 0.3) is 5.24 Å². The van der Waals surface area contributed by atoms with Gasteiger partial charge in [0.15, 0.2) is 11.9 Å². The second-order valence-corrected chi connectivity index (χ2v) is 9.72. The number of aromatic nitrogens is 3. The van der Waals surface area contributed by atoms with E-state index in [-0.39, 0.29) is 29.6 Å². The number of nitrogens with one attached hydrogen (secondary N) is 2. The van der Waals surface area contributed by atoms with Crippen LogP contribution in [-0.4, -0.2) is 37.5 Å². The molecule has 2 N–H and O–H groups in total. The highest BCUT2D eigenvalue weighted by Gasteiger charge is 2.34. The van der Waals surface area contributed by atoms with Crippen molar-refractivity contribution in [2.24, 2.45) is 0 Å². The lowest BCUT2D eigenvalue weighted by molar-refractivity contribution is -0.120. The van der Waals surface area contributed by atoms with Crippen molar-refractivity contribution in [2.45, 2.75) is 24.6 Å². The van der Waals surface area contributed by atoms with Gasteiger partial charge < -0.3 is 9.73 Å². The topological polar surface area (TPSA) is 127 Å². The maximum atomic E-state index is 14.9. The molecule has 2 unspecified atom stereocenters. The van der Waals surface area contributed by atoms with Crippen LogP contribution in [0.4, 0.5) is 9.18 Å². The molecule has 12 heteroatoms. The Kier molecular flexibility index (Phi) is 5.84. The van der Waals surface area contributed by atoms with Crippen LogP contribution in [0.15, 0.2) is 46.9 Å². The maximum absolute atomic E-state index is 14.9. The van der Waals surface area contributed by atoms with Gasteiger partial charge in [-0.25, -0.2) is 9.37 Å². The van der Waals surface area contributed by atoms with Gasteiger partial charge >= 0.3 is 0 Å². The molecule has 2 aromatic heterocycles. The summed E-state index contributed by atoms with van der Waals surface area (Å²) in [6, 6.07) is 11.8. The van der Waals surface area contributed by atoms with E-state index in [9.17, 15) is 18.8 Å². The molecule has 0 radical (unpaired) electrons. The van der Waals surface area contributed by atoms with Gasteiger partial charge in [-0.2, -0.15) is 0 Å². The summed E-state index contributed by atoms with van der Waals surface area (Å²) in [5.41, 5.74) is 1.75. The van der Waals surface area contributed by atoms with Crippen molar-refractivity contribution in [3.8, 4) is 11.1 Å². The molecule has 0 spiro atoms. The molecule has 1 fully saturated rings. The summed E-state index contributed by atoms with van der Waals surface area (Å²) in [4.78, 5) is 39.5. The van der Waals surface area contributed by atoms with Crippen LogP contribution in [0.3, 0.4) is 0 Å². The number of fused-ring (bicyclic) bond motifs is 1. The highest BCUT2D eigenvalue weighted by Crippen LogP contribution is 2.34. The van der Waals surface area contributed by atoms with Crippen molar-refractivity contribution < 1.29 is 23.2 Å². The molecule has 9 nitrogen and oxygen atoms in total. The van der Waals surface area contributed by atoms with Crippen LogP contribution in [0.25, 0.3) is 21.3 Å². The van der Waals surface area contributed by atoms with E-state index in [0.29, 0.717) is 15.3 Å². The van der Waals surface area contributed by atoms with Crippen molar-refractivity contribution in [3.63, 3.8) is 0 Å². The Bertz CT molecular complexity index is 1420. The van der Waals surface area contributed by atoms with Gasteiger partial charge in [0.2, 0.25) is 23.6 Å². The molecule has 34 heavy (non-hydrogen) atoms. The summed E-state index contributed by atoms with van der Waals surface area (Å²) in [5, 5.41) is 12.1. The highest BCUT2D eigenvalue weighted by atomic mass is 32.2. The van der Waals surface area contributed by atoms with Gasteiger partial charge in [-0.1, -0.05) is 42.1 Å². The third-order valence-electron chi connectivity index (χ3n) is 5.02. The molecule has 0 saturated carbocycles. The normalized spacial score (nSPS) is 16.6. The number of carbonyl (C=O) groups excluding carboxylic acids is 3. The minimum atomic E-state index is -0.901. The molecule has 4 aromatic rings. The van der Waals surface area contributed by atoms with Crippen LogP contribution >= 0.6 is 23.1 Å². The fraction of sp³-hybridized carbons (Fsp3) is 0.182. The van der Waals surface area contributed by atoms with E-state index < -0.39 is 28.3 Å². The van der Waals surface area contributed by atoms with Crippen LogP contribution in [-0.2, 0) is 16.0 Å². The predicted octanol–water partition coefficient (Wildman–Crippen LogP) is 3.61. The van der Waals surface area contributed by atoms with E-state index in [0.717, 1.165) is 17.3 Å². The van der Waals surface area contributed by atoms with Gasteiger partial charge in [-0.3, -0.25) is 19.7 Å². The van der Waals surface area contributed by atoms with Gasteiger partial charge in [-0.15, -0.1) is 21.5 Å². The first-order chi connectivity index (χ1) is 16.4. The molecule has 0 bridgehead atoms. The largest absolute Gasteiger partial charge is 0.422 e. The SMILES string of the molecule is CC(=O)NC(c1nnc(CC2SC(=O)NC2=O)o1)c1nc2c(F)cc(-c3ccccc3)cc2s1. The summed E-state index contributed by atoms with van der Waals surface area (Å²) >= 11 is 2.05. The number of hydrogen-bond acceptors (Lipinski definition) is 9. The lowest BCUT2D eigenvalue weighted by atomic mass is 10.1. The van der Waals surface area contributed by atoms with Crippen LogP contribution in [0.1, 0.15) is 29.8 Å². The van der Waals surface area contributed by atoms with Gasteiger partial charge in [-0.05, 0) is 23.3 Å². The number of imide groups is 1. The predicted molar refractivity (Wildman–Crippen MR) is 124 cm³/mol. The number of halogens is 1. The van der Waals surface area contributed by atoms with Crippen LogP contribution < -0.4 is 10.6 Å². The number of hydrogen-bond donors (Lipinski definition) is 2. The average Bonchev–Trinajstić information content (AvgIpc) is 3.52. The molecular weight excluding hydrogens is 481 g/mol. The number of thioether (sulfide) groups is 1. The van der Waals surface area contributed by atoms with Crippen molar-refractivity contribution >= 4 is 50.4 Å². The number of rotatable bonds is 6. The summed E-state index contributed by atoms with van der Waals surface area (Å²) < 4.78 is 21.2. The summed E-state index contributed by atoms with van der Waals surface area (Å²) in [6.45, 7) is 1.33. The fourth-order valence-electron chi connectivity index (χ4n) is 3.51. The van der Waals surface area contributed by atoms with Crippen molar-refractivity contribution in [2.75, 3.05) is 0 Å². The molecule has 1 saturated heterocycles. The molecule has 3 amide bonds. The number of amides is 3. The summed E-state index contributed by atoms with van der Waals surface area (Å²) in [5.74, 6) is -1.11. The van der Waals surface area contributed by atoms with Crippen molar-refractivity contribution in [3.05, 3.63) is 65.1 Å². The second-order valence-electron chi connectivity index (χ2n) is 7.48. The third kappa shape index (κ3) is 4.41. The Morgan fingerprint density at radius 1 is 1.21 bits per heavy atom. The van der Waals surface area contributed by atoms with E-state index in [1.807, 2.05) is 36.4 Å². The van der Waals surface area contributed by atoms with Gasteiger partial charge in [0.05, 0.1) is 4.70 Å². The first-order valence-electron chi connectivity index (χ1n) is 10.1. The van der Waals surface area contributed by atoms with E-state index in [2.05, 4.69) is 25.8 Å². The summed E-state index contributed by atoms with van der Waals surface area (Å²) in [7, 11) is 0. The zero-order chi connectivity index (χ0) is 23.8. The zero-order valence-corrected chi connectivity index (χ0v) is 19.2. The van der Waals surface area contributed by atoms with Gasteiger partial charge in [0, 0.05) is 13.3 Å². The maximum Gasteiger partial charge on any atom is 0.286 e. The van der Waals surface area contributed by atoms with Crippen molar-refractivity contribution in [1.29, 1.82) is 0 Å². The second kappa shape index (κ2) is 8.95. The molecule has 0 aliphatic carbocycles. The molecule has 3 heterocycles. The number of nitrogens with zero attached hydrogens (tertiary/aromatic N) is 3. The van der Waals surface area contributed by atoms with Crippen LogP contribution in [0, 0.1) is 5.82 Å². The highest BCUT2D eigenvalue weighted by molar-refractivity contribution is 8.15. The monoisotopic (exact) mass is 497 g/mol. The van der Waals surface area contributed by atoms with E-state index in [1.165, 1.54) is 24.3 Å². The first-order valence-corrected chi connectivity index (χ1v) is 11.8. The van der Waals surface area contributed by atoms with E-state index >= 15 is 0 Å². The molecule has 172 valence electrons. The molecular formula is C22H16FN5O4S2. The number of benzene rings is 2. The van der Waals surface area contributed by atoms with E-state index in [1.54, 1.807) is 0 Å². The Labute approximate surface area is 200 Å². The number of thiazole rings is 1. The number of carbonyl (C=O) groups is 3. The zero-order valence-electron chi connectivity index (χ0n) is 17.6. The quantitative estimate of drug-likeness (QED) is 0.414. The standard InChI is InChI=1S/C22H16FN5O4S2/c1-10(29)24-18(20-28-27-16(32-20)9-15-19(30)26-22(31)34-15)21-25-17-13(23)7-12(8-14(17)33-21)11-5-3-2-4-6-11/h2-8,15,18H,9H2,1H3,(H,24,29)(H,26,30,31). The van der Waals surface area contributed by atoms with Crippen LogP contribution in [0.2, 0.25) is 0 Å². The molecule has 2 aromatic carbocycles. The van der Waals surface area contributed by atoms with Crippen molar-refractivity contribution in [1.82, 2.24) is 25.8 Å². The average molecular weight is 498 g/mol. The fourth-order valence-corrected chi connectivity index (χ4v) is 5.39. The Morgan fingerprint density at radius 2 is 2.00 bits per heavy atom. The van der Waals surface area contributed by atoms with Gasteiger partial charge in [0.1, 0.15) is 15.8 Å². The Hall–Kier alpha value is -3.64. The summed E-state index contributed by atoms with van der Waals surface area (Å²) in [6.07, 6.45) is 0.0525. The van der Waals surface area contributed by atoms with E-state index in [4.69, 9.17) is 4.42 Å². The third-order valence-corrected chi connectivity index (χ3v) is 7.07. The lowest BCUT2D eigenvalue weighted by Crippen LogP contribution is -2.27. The Morgan fingerprint density at radius 3 is 2.71 bits per heavy atom. The minimum absolute atomic E-state index is 0.0441. The Balaban J connectivity index is 1.48. The smallest absolute Gasteiger partial charge is 0.286 e. The molecule has 2 atom stereocenters. The lowest BCUT2D eigenvalue weighted by Gasteiger charge is -2.10. The van der Waals surface area contributed by atoms with Crippen LogP contribution in [0.5, 0.6) is 0 Å². The molecule has 1 aliphatic rings. The minimum Gasteiger partial charge on any atom is -0.422 e. The first kappa shape index (κ1) is 22.2. The molecule has 1 aliphatic heterocycles.